The molecule has 4 rings (SSSR count). The third-order valence-corrected chi connectivity index (χ3v) is 5.43. The van der Waals surface area contributed by atoms with E-state index < -0.39 is 0 Å². The summed E-state index contributed by atoms with van der Waals surface area (Å²) in [5.41, 5.74) is 5.99. The number of aromatic amines is 1. The van der Waals surface area contributed by atoms with E-state index in [1.165, 1.54) is 16.0 Å². The number of benzene rings is 2. The summed E-state index contributed by atoms with van der Waals surface area (Å²) in [5.74, 6) is 0. The molecule has 4 aromatic rings. The van der Waals surface area contributed by atoms with E-state index in [1.807, 2.05) is 64.1 Å². The quantitative estimate of drug-likeness (QED) is 0.520. The van der Waals surface area contributed by atoms with Gasteiger partial charge in [-0.1, -0.05) is 29.5 Å². The van der Waals surface area contributed by atoms with E-state index in [0.717, 1.165) is 32.7 Å². The van der Waals surface area contributed by atoms with Crippen molar-refractivity contribution >= 4 is 33.0 Å². The van der Waals surface area contributed by atoms with Crippen LogP contribution in [0.1, 0.15) is 29.3 Å². The number of aryl methyl sites for hydroxylation is 3. The van der Waals surface area contributed by atoms with Gasteiger partial charge in [0.1, 0.15) is 0 Å². The third-order valence-electron chi connectivity index (χ3n) is 4.41. The van der Waals surface area contributed by atoms with Crippen LogP contribution in [0.4, 0.5) is 5.69 Å². The maximum Gasteiger partial charge on any atom is 0.282 e. The Morgan fingerprint density at radius 3 is 2.52 bits per heavy atom. The van der Waals surface area contributed by atoms with Crippen LogP contribution >= 0.6 is 11.3 Å². The van der Waals surface area contributed by atoms with Crippen LogP contribution in [0.2, 0.25) is 0 Å². The molecule has 0 bridgehead atoms. The lowest BCUT2D eigenvalue weighted by atomic mass is 10.1. The van der Waals surface area contributed by atoms with Crippen LogP contribution in [0.15, 0.2) is 52.3 Å². The van der Waals surface area contributed by atoms with Crippen molar-refractivity contribution in [3.05, 3.63) is 75.2 Å². The minimum atomic E-state index is -0.128. The lowest BCUT2D eigenvalue weighted by Crippen LogP contribution is -2.19. The molecular weight excluding hydrogens is 356 g/mol. The van der Waals surface area contributed by atoms with E-state index in [9.17, 15) is 4.79 Å². The molecule has 5 nitrogen and oxygen atoms in total. The molecule has 0 aliphatic rings. The molecule has 6 heteroatoms. The second-order valence-corrected chi connectivity index (χ2v) is 7.77. The van der Waals surface area contributed by atoms with Crippen LogP contribution in [0, 0.1) is 20.8 Å². The molecule has 0 atom stereocenters. The van der Waals surface area contributed by atoms with Gasteiger partial charge >= 0.3 is 0 Å². The number of nitrogens with zero attached hydrogens (tertiary/aromatic N) is 3. The predicted octanol–water partition coefficient (Wildman–Crippen LogP) is 4.84. The molecule has 1 N–H and O–H groups in total. The molecule has 0 amide bonds. The first-order chi connectivity index (χ1) is 12.9. The fraction of sp³-hybridized carbons (Fsp3) is 0.190. The van der Waals surface area contributed by atoms with Crippen molar-refractivity contribution in [2.45, 2.75) is 27.7 Å². The summed E-state index contributed by atoms with van der Waals surface area (Å²) in [6, 6.07) is 14.0. The Bertz CT molecular complexity index is 1190. The van der Waals surface area contributed by atoms with Gasteiger partial charge < -0.3 is 0 Å². The number of fused-ring (bicyclic) bond motifs is 1. The molecule has 0 saturated carbocycles. The second kappa shape index (κ2) is 6.63. The highest BCUT2D eigenvalue weighted by Crippen LogP contribution is 2.24. The molecule has 0 radical (unpaired) electrons. The number of aromatic nitrogens is 3. The van der Waals surface area contributed by atoms with Gasteiger partial charge in [0.05, 0.1) is 27.2 Å². The minimum absolute atomic E-state index is 0.128. The topological polar surface area (TPSA) is 63.0 Å². The number of aliphatic imine (C=N–C) groups is 1. The molecule has 2 aromatic heterocycles. The van der Waals surface area contributed by atoms with Crippen molar-refractivity contribution in [3.8, 4) is 5.13 Å². The maximum atomic E-state index is 13.1. The largest absolute Gasteiger partial charge is 0.293 e. The molecule has 0 aliphatic heterocycles. The van der Waals surface area contributed by atoms with Crippen LogP contribution < -0.4 is 5.56 Å². The molecule has 0 saturated heterocycles. The Morgan fingerprint density at radius 1 is 1.11 bits per heavy atom. The van der Waals surface area contributed by atoms with Crippen molar-refractivity contribution in [2.75, 3.05) is 0 Å². The summed E-state index contributed by atoms with van der Waals surface area (Å²) in [7, 11) is 0. The fourth-order valence-electron chi connectivity index (χ4n) is 3.33. The molecule has 0 aliphatic carbocycles. The van der Waals surface area contributed by atoms with Crippen molar-refractivity contribution in [2.24, 2.45) is 4.99 Å². The van der Waals surface area contributed by atoms with Gasteiger partial charge in [0, 0.05) is 5.69 Å². The number of para-hydroxylation sites is 1. The highest BCUT2D eigenvalue weighted by Gasteiger charge is 2.17. The smallest absolute Gasteiger partial charge is 0.282 e. The van der Waals surface area contributed by atoms with Crippen molar-refractivity contribution in [1.82, 2.24) is 14.8 Å². The van der Waals surface area contributed by atoms with E-state index in [4.69, 9.17) is 0 Å². The molecular formula is C21H20N4OS. The summed E-state index contributed by atoms with van der Waals surface area (Å²) in [5, 5.41) is 3.78. The van der Waals surface area contributed by atoms with Crippen LogP contribution in [0.3, 0.4) is 0 Å². The van der Waals surface area contributed by atoms with E-state index in [2.05, 4.69) is 21.1 Å². The predicted molar refractivity (Wildman–Crippen MR) is 112 cm³/mol. The highest BCUT2D eigenvalue weighted by atomic mass is 32.1. The lowest BCUT2D eigenvalue weighted by molar-refractivity contribution is 0.829. The van der Waals surface area contributed by atoms with Crippen LogP contribution in [-0.2, 0) is 0 Å². The van der Waals surface area contributed by atoms with Gasteiger partial charge in [0.25, 0.3) is 5.56 Å². The molecule has 0 fully saturated rings. The monoisotopic (exact) mass is 376 g/mol. The zero-order valence-electron chi connectivity index (χ0n) is 15.7. The summed E-state index contributed by atoms with van der Waals surface area (Å²) < 4.78 is 2.56. The second-order valence-electron chi connectivity index (χ2n) is 6.76. The van der Waals surface area contributed by atoms with Crippen molar-refractivity contribution in [1.29, 1.82) is 0 Å². The maximum absolute atomic E-state index is 13.1. The standard InChI is InChI=1S/C21H20N4OS/c1-12-9-13(2)11-16(10-12)22-14(3)19-15(4)24-25(20(19)26)21-23-17-7-5-6-8-18(17)27-21/h5-11,24H,1-4H3. The van der Waals surface area contributed by atoms with Crippen molar-refractivity contribution < 1.29 is 0 Å². The Kier molecular flexibility index (Phi) is 4.28. The Hall–Kier alpha value is -2.99. The van der Waals surface area contributed by atoms with Crippen LogP contribution in [0.25, 0.3) is 15.3 Å². The summed E-state index contributed by atoms with van der Waals surface area (Å²) in [6.07, 6.45) is 0. The van der Waals surface area contributed by atoms with Crippen LogP contribution in [0.5, 0.6) is 0 Å². The average molecular weight is 376 g/mol. The average Bonchev–Trinajstić information content (AvgIpc) is 3.14. The number of H-pyrrole nitrogens is 1. The first kappa shape index (κ1) is 17.4. The van der Waals surface area contributed by atoms with E-state index >= 15 is 0 Å². The summed E-state index contributed by atoms with van der Waals surface area (Å²) >= 11 is 1.49. The Morgan fingerprint density at radius 2 is 1.81 bits per heavy atom. The van der Waals surface area contributed by atoms with Crippen molar-refractivity contribution in [3.63, 3.8) is 0 Å². The van der Waals surface area contributed by atoms with Gasteiger partial charge in [-0.05, 0) is 63.1 Å². The van der Waals surface area contributed by atoms with Gasteiger partial charge in [-0.3, -0.25) is 14.9 Å². The highest BCUT2D eigenvalue weighted by molar-refractivity contribution is 7.20. The first-order valence-electron chi connectivity index (χ1n) is 8.74. The zero-order chi connectivity index (χ0) is 19.1. The number of nitrogens with one attached hydrogen (secondary N) is 1. The summed E-state index contributed by atoms with van der Waals surface area (Å²) in [6.45, 7) is 7.85. The van der Waals surface area contributed by atoms with Gasteiger partial charge in [-0.2, -0.15) is 4.68 Å². The molecule has 2 aromatic carbocycles. The lowest BCUT2D eigenvalue weighted by Gasteiger charge is -2.02. The minimum Gasteiger partial charge on any atom is -0.293 e. The number of hydrogen-bond donors (Lipinski definition) is 1. The van der Waals surface area contributed by atoms with Gasteiger partial charge in [-0.15, -0.1) is 0 Å². The SMILES string of the molecule is CC(=Nc1cc(C)cc(C)c1)c1c(C)[nH]n(-c2nc3ccccc3s2)c1=O. The van der Waals surface area contributed by atoms with E-state index in [1.54, 1.807) is 0 Å². The number of thiazole rings is 1. The summed E-state index contributed by atoms with van der Waals surface area (Å²) in [4.78, 5) is 22.3. The Labute approximate surface area is 161 Å². The van der Waals surface area contributed by atoms with E-state index in [0.29, 0.717) is 16.4 Å². The first-order valence-corrected chi connectivity index (χ1v) is 9.55. The molecule has 0 unspecified atom stereocenters. The normalized spacial score (nSPS) is 12.1. The number of rotatable bonds is 3. The zero-order valence-corrected chi connectivity index (χ0v) is 16.5. The molecule has 0 spiro atoms. The molecule has 27 heavy (non-hydrogen) atoms. The molecule has 2 heterocycles. The van der Waals surface area contributed by atoms with Gasteiger partial charge in [0.15, 0.2) is 0 Å². The van der Waals surface area contributed by atoms with Crippen LogP contribution in [-0.4, -0.2) is 20.5 Å². The van der Waals surface area contributed by atoms with E-state index in [-0.39, 0.29) is 5.56 Å². The third kappa shape index (κ3) is 3.24. The molecule has 136 valence electrons. The van der Waals surface area contributed by atoms with Gasteiger partial charge in [0.2, 0.25) is 5.13 Å². The Balaban J connectivity index is 1.80. The number of hydrogen-bond acceptors (Lipinski definition) is 4. The fourth-order valence-corrected chi connectivity index (χ4v) is 4.25. The van der Waals surface area contributed by atoms with Gasteiger partial charge in [-0.25, -0.2) is 4.98 Å².